The van der Waals surface area contributed by atoms with E-state index in [1.165, 1.54) is 18.2 Å². The average molecular weight is 361 g/mol. The molecule has 0 unspecified atom stereocenters. The zero-order valence-corrected chi connectivity index (χ0v) is 12.4. The van der Waals surface area contributed by atoms with Gasteiger partial charge in [-0.3, -0.25) is 0 Å². The molecule has 0 aliphatic carbocycles. The first kappa shape index (κ1) is 15.7. The van der Waals surface area contributed by atoms with E-state index in [0.717, 1.165) is 10.5 Å². The number of rotatable bonds is 5. The smallest absolute Gasteiger partial charge is 0.419 e. The summed E-state index contributed by atoms with van der Waals surface area (Å²) in [7, 11) is 0. The summed E-state index contributed by atoms with van der Waals surface area (Å²) in [5.74, 6) is 0.440. The molecule has 21 heavy (non-hydrogen) atoms. The van der Waals surface area contributed by atoms with E-state index in [0.29, 0.717) is 5.75 Å². The topological polar surface area (TPSA) is 18.5 Å². The molecule has 112 valence electrons. The SMILES string of the molecule is FC(F)(F)c1ccccc1OCCOc1ccc(Br)cc1. The lowest BCUT2D eigenvalue weighted by Crippen LogP contribution is -2.13. The van der Waals surface area contributed by atoms with Gasteiger partial charge in [-0.2, -0.15) is 13.2 Å². The molecule has 0 spiro atoms. The van der Waals surface area contributed by atoms with Crippen molar-refractivity contribution < 1.29 is 22.6 Å². The van der Waals surface area contributed by atoms with Crippen LogP contribution in [-0.2, 0) is 6.18 Å². The number of ether oxygens (including phenoxy) is 2. The van der Waals surface area contributed by atoms with Crippen LogP contribution in [0.5, 0.6) is 11.5 Å². The highest BCUT2D eigenvalue weighted by Gasteiger charge is 2.33. The van der Waals surface area contributed by atoms with Crippen molar-refractivity contribution in [2.45, 2.75) is 6.18 Å². The van der Waals surface area contributed by atoms with E-state index in [1.807, 2.05) is 12.1 Å². The van der Waals surface area contributed by atoms with Gasteiger partial charge in [0.15, 0.2) is 0 Å². The summed E-state index contributed by atoms with van der Waals surface area (Å²) in [4.78, 5) is 0. The van der Waals surface area contributed by atoms with Crippen LogP contribution in [0.15, 0.2) is 53.0 Å². The first-order valence-corrected chi connectivity index (χ1v) is 6.93. The molecule has 0 atom stereocenters. The molecule has 0 saturated heterocycles. The fraction of sp³-hybridized carbons (Fsp3) is 0.200. The molecular formula is C15H12BrF3O2. The summed E-state index contributed by atoms with van der Waals surface area (Å²) < 4.78 is 49.7. The number of alkyl halides is 3. The minimum atomic E-state index is -4.43. The highest BCUT2D eigenvalue weighted by molar-refractivity contribution is 9.10. The highest BCUT2D eigenvalue weighted by Crippen LogP contribution is 2.35. The minimum absolute atomic E-state index is 0.0309. The van der Waals surface area contributed by atoms with Crippen molar-refractivity contribution in [2.75, 3.05) is 13.2 Å². The molecule has 0 heterocycles. The van der Waals surface area contributed by atoms with E-state index < -0.39 is 11.7 Å². The molecule has 0 saturated carbocycles. The molecule has 2 aromatic rings. The van der Waals surface area contributed by atoms with Crippen molar-refractivity contribution in [3.8, 4) is 11.5 Å². The van der Waals surface area contributed by atoms with Gasteiger partial charge in [0.1, 0.15) is 24.7 Å². The first-order chi connectivity index (χ1) is 9.97. The van der Waals surface area contributed by atoms with E-state index in [9.17, 15) is 13.2 Å². The second kappa shape index (κ2) is 6.85. The van der Waals surface area contributed by atoms with Gasteiger partial charge in [-0.1, -0.05) is 28.1 Å². The van der Waals surface area contributed by atoms with Gasteiger partial charge < -0.3 is 9.47 Å². The van der Waals surface area contributed by atoms with Gasteiger partial charge in [-0.25, -0.2) is 0 Å². The maximum Gasteiger partial charge on any atom is 0.419 e. The Bertz CT molecular complexity index is 582. The Morgan fingerprint density at radius 1 is 0.857 bits per heavy atom. The van der Waals surface area contributed by atoms with Crippen molar-refractivity contribution >= 4 is 15.9 Å². The van der Waals surface area contributed by atoms with Gasteiger partial charge in [0, 0.05) is 4.47 Å². The molecule has 2 rings (SSSR count). The quantitative estimate of drug-likeness (QED) is 0.704. The minimum Gasteiger partial charge on any atom is -0.490 e. The van der Waals surface area contributed by atoms with Crippen molar-refractivity contribution in [3.63, 3.8) is 0 Å². The van der Waals surface area contributed by atoms with Crippen molar-refractivity contribution in [3.05, 3.63) is 58.6 Å². The molecule has 2 aromatic carbocycles. The number of hydrogen-bond acceptors (Lipinski definition) is 2. The third-order valence-electron chi connectivity index (χ3n) is 2.62. The van der Waals surface area contributed by atoms with Crippen LogP contribution in [0.1, 0.15) is 5.56 Å². The van der Waals surface area contributed by atoms with E-state index in [4.69, 9.17) is 9.47 Å². The molecule has 0 N–H and O–H groups in total. The van der Waals surface area contributed by atoms with Crippen LogP contribution in [0.25, 0.3) is 0 Å². The second-order valence-corrected chi connectivity index (χ2v) is 5.06. The van der Waals surface area contributed by atoms with Gasteiger partial charge >= 0.3 is 6.18 Å². The number of para-hydroxylation sites is 1. The summed E-state index contributed by atoms with van der Waals surface area (Å²) in [5.41, 5.74) is -0.784. The normalized spacial score (nSPS) is 11.2. The monoisotopic (exact) mass is 360 g/mol. The lowest BCUT2D eigenvalue weighted by atomic mass is 10.2. The molecule has 2 nitrogen and oxygen atoms in total. The van der Waals surface area contributed by atoms with E-state index in [2.05, 4.69) is 15.9 Å². The predicted octanol–water partition coefficient (Wildman–Crippen LogP) is 4.93. The standard InChI is InChI=1S/C15H12BrF3O2/c16-11-5-7-12(8-6-11)20-9-10-21-14-4-2-1-3-13(14)15(17,18)19/h1-8H,9-10H2. The molecule has 0 aliphatic heterocycles. The number of hydrogen-bond donors (Lipinski definition) is 0. The van der Waals surface area contributed by atoms with Crippen molar-refractivity contribution in [2.24, 2.45) is 0 Å². The largest absolute Gasteiger partial charge is 0.490 e. The zero-order valence-electron chi connectivity index (χ0n) is 10.9. The highest BCUT2D eigenvalue weighted by atomic mass is 79.9. The van der Waals surface area contributed by atoms with Gasteiger partial charge in [0.25, 0.3) is 0 Å². The molecule has 0 aliphatic rings. The molecule has 6 heteroatoms. The van der Waals surface area contributed by atoms with Crippen LogP contribution < -0.4 is 9.47 Å². The van der Waals surface area contributed by atoms with E-state index >= 15 is 0 Å². The van der Waals surface area contributed by atoms with Gasteiger partial charge in [0.05, 0.1) is 5.56 Å². The van der Waals surface area contributed by atoms with Crippen LogP contribution in [0.2, 0.25) is 0 Å². The third-order valence-corrected chi connectivity index (χ3v) is 3.14. The Morgan fingerprint density at radius 2 is 1.48 bits per heavy atom. The average Bonchev–Trinajstić information content (AvgIpc) is 2.45. The van der Waals surface area contributed by atoms with Gasteiger partial charge in [-0.15, -0.1) is 0 Å². The third kappa shape index (κ3) is 4.67. The summed E-state index contributed by atoms with van der Waals surface area (Å²) >= 11 is 3.30. The maximum atomic E-state index is 12.7. The summed E-state index contributed by atoms with van der Waals surface area (Å²) in [6.45, 7) is 0.191. The van der Waals surface area contributed by atoms with Crippen molar-refractivity contribution in [1.29, 1.82) is 0 Å². The Labute approximate surface area is 128 Å². The Hall–Kier alpha value is -1.69. The van der Waals surface area contributed by atoms with Crippen molar-refractivity contribution in [1.82, 2.24) is 0 Å². The Morgan fingerprint density at radius 3 is 2.14 bits per heavy atom. The second-order valence-electron chi connectivity index (χ2n) is 4.14. The maximum absolute atomic E-state index is 12.7. The summed E-state index contributed by atoms with van der Waals surface area (Å²) in [6, 6.07) is 12.3. The first-order valence-electron chi connectivity index (χ1n) is 6.14. The lowest BCUT2D eigenvalue weighted by molar-refractivity contribution is -0.139. The lowest BCUT2D eigenvalue weighted by Gasteiger charge is -2.14. The van der Waals surface area contributed by atoms with Crippen LogP contribution in [0, 0.1) is 0 Å². The van der Waals surface area contributed by atoms with E-state index in [-0.39, 0.29) is 19.0 Å². The van der Waals surface area contributed by atoms with Crippen LogP contribution >= 0.6 is 15.9 Å². The summed E-state index contributed by atoms with van der Waals surface area (Å²) in [6.07, 6.45) is -4.43. The fourth-order valence-corrected chi connectivity index (χ4v) is 1.93. The van der Waals surface area contributed by atoms with Crippen LogP contribution in [0.3, 0.4) is 0 Å². The van der Waals surface area contributed by atoms with Gasteiger partial charge in [-0.05, 0) is 36.4 Å². The molecular weight excluding hydrogens is 349 g/mol. The van der Waals surface area contributed by atoms with Crippen LogP contribution in [0.4, 0.5) is 13.2 Å². The molecule has 0 radical (unpaired) electrons. The molecule has 0 bridgehead atoms. The van der Waals surface area contributed by atoms with E-state index in [1.54, 1.807) is 12.1 Å². The summed E-state index contributed by atoms with van der Waals surface area (Å²) in [5, 5.41) is 0. The van der Waals surface area contributed by atoms with Gasteiger partial charge in [0.2, 0.25) is 0 Å². The molecule has 0 fully saturated rings. The number of halogens is 4. The fourth-order valence-electron chi connectivity index (χ4n) is 1.67. The molecule has 0 aromatic heterocycles. The Kier molecular flexibility index (Phi) is 5.12. The van der Waals surface area contributed by atoms with Crippen LogP contribution in [-0.4, -0.2) is 13.2 Å². The predicted molar refractivity (Wildman–Crippen MR) is 76.6 cm³/mol. The number of benzene rings is 2. The zero-order chi connectivity index (χ0) is 15.3. The Balaban J connectivity index is 1.88. The molecule has 0 amide bonds.